The fourth-order valence-corrected chi connectivity index (χ4v) is 8.27. The third kappa shape index (κ3) is 6.78. The number of hydrogen-bond acceptors (Lipinski definition) is 10. The Hall–Kier alpha value is -4.58. The first-order valence-corrected chi connectivity index (χ1v) is 17.0. The van der Waals surface area contributed by atoms with Crippen LogP contribution >= 0.6 is 11.6 Å². The number of likely N-dealkylation sites (tertiary alicyclic amines) is 1. The van der Waals surface area contributed by atoms with E-state index in [4.69, 9.17) is 31.5 Å². The van der Waals surface area contributed by atoms with Crippen molar-refractivity contribution < 1.29 is 54.9 Å². The molecule has 2 aliphatic heterocycles. The van der Waals surface area contributed by atoms with Crippen molar-refractivity contribution in [2.45, 2.75) is 42.3 Å². The topological polar surface area (TPSA) is 158 Å². The average molecular weight is 755 g/mol. The van der Waals surface area contributed by atoms with E-state index in [0.29, 0.717) is 9.87 Å². The van der Waals surface area contributed by atoms with Crippen LogP contribution in [-0.2, 0) is 34.7 Å². The van der Waals surface area contributed by atoms with Gasteiger partial charge in [0.2, 0.25) is 11.8 Å². The molecule has 3 aromatic carbocycles. The van der Waals surface area contributed by atoms with Crippen LogP contribution in [-0.4, -0.2) is 95.9 Å². The number of nitrogens with zero attached hydrogens (tertiary/aromatic N) is 3. The number of carbonyl (C=O) groups is 3. The van der Waals surface area contributed by atoms with Gasteiger partial charge in [0.15, 0.2) is 11.3 Å². The Kier molecular flexibility index (Phi) is 10.2. The maximum atomic E-state index is 15.5. The maximum absolute atomic E-state index is 15.5. The molecule has 5 rings (SSSR count). The minimum absolute atomic E-state index is 0.0219. The molecule has 274 valence electrons. The van der Waals surface area contributed by atoms with Crippen molar-refractivity contribution in [3.05, 3.63) is 76.3 Å². The molecule has 51 heavy (non-hydrogen) atoms. The van der Waals surface area contributed by atoms with E-state index >= 15 is 4.79 Å². The van der Waals surface area contributed by atoms with E-state index < -0.39 is 69.0 Å². The fraction of sp³-hybridized carbons (Fsp3) is 0.364. The van der Waals surface area contributed by atoms with Crippen molar-refractivity contribution in [1.29, 1.82) is 0 Å². The summed E-state index contributed by atoms with van der Waals surface area (Å²) in [5.74, 6) is -3.68. The summed E-state index contributed by atoms with van der Waals surface area (Å²) in [7, 11) is 0.206. The quantitative estimate of drug-likeness (QED) is 0.307. The molecule has 3 atom stereocenters. The number of likely N-dealkylation sites (N-methyl/N-ethyl adjacent to an activating group) is 1. The minimum Gasteiger partial charge on any atom is -0.497 e. The zero-order valence-corrected chi connectivity index (χ0v) is 29.6. The Balaban J connectivity index is 1.86. The molecule has 1 fully saturated rings. The van der Waals surface area contributed by atoms with Gasteiger partial charge in [-0.15, -0.1) is 13.2 Å². The number of benzene rings is 3. The van der Waals surface area contributed by atoms with Crippen molar-refractivity contribution in [3.63, 3.8) is 0 Å². The molecule has 0 aliphatic carbocycles. The summed E-state index contributed by atoms with van der Waals surface area (Å²) in [6.45, 7) is 0.983. The normalized spacial score (nSPS) is 20.6. The van der Waals surface area contributed by atoms with Crippen molar-refractivity contribution >= 4 is 45.0 Å². The number of primary amides is 1. The summed E-state index contributed by atoms with van der Waals surface area (Å²) in [6, 6.07) is 10.2. The van der Waals surface area contributed by atoms with Gasteiger partial charge in [-0.1, -0.05) is 23.2 Å². The first kappa shape index (κ1) is 37.7. The van der Waals surface area contributed by atoms with Gasteiger partial charge < -0.3 is 29.6 Å². The van der Waals surface area contributed by atoms with Crippen LogP contribution in [0.1, 0.15) is 23.1 Å². The van der Waals surface area contributed by atoms with Crippen LogP contribution in [0.4, 0.5) is 18.9 Å². The molecule has 18 heteroatoms. The molecule has 0 saturated carbocycles. The SMILES string of the molecule is COc1ccc(S(=O)(=O)N2C(=O)C(c3cc(C)ccc3OC)(N3C[C@H](OCC(N)=O)C[C@H]3C(=O)N(C)C)c3cc(Cl)ccc32)c(OC(F)(F)F)c1. The fourth-order valence-electron chi connectivity index (χ4n) is 6.53. The van der Waals surface area contributed by atoms with E-state index in [-0.39, 0.29) is 46.3 Å². The van der Waals surface area contributed by atoms with Crippen molar-refractivity contribution in [2.75, 3.05) is 45.8 Å². The maximum Gasteiger partial charge on any atom is 0.573 e. The Bertz CT molecular complexity index is 2000. The second kappa shape index (κ2) is 13.9. The third-order valence-electron chi connectivity index (χ3n) is 8.58. The summed E-state index contributed by atoms with van der Waals surface area (Å²) >= 11 is 6.53. The summed E-state index contributed by atoms with van der Waals surface area (Å²) in [5.41, 5.74) is 3.52. The number of amides is 3. The van der Waals surface area contributed by atoms with E-state index in [0.717, 1.165) is 25.3 Å². The molecule has 0 spiro atoms. The lowest BCUT2D eigenvalue weighted by atomic mass is 9.80. The predicted molar refractivity (Wildman–Crippen MR) is 177 cm³/mol. The summed E-state index contributed by atoms with van der Waals surface area (Å²) in [6.07, 6.45) is -6.25. The lowest BCUT2D eigenvalue weighted by Gasteiger charge is -2.42. The lowest BCUT2D eigenvalue weighted by Crippen LogP contribution is -2.59. The van der Waals surface area contributed by atoms with Gasteiger partial charge in [0.25, 0.3) is 15.9 Å². The third-order valence-corrected chi connectivity index (χ3v) is 10.6. The van der Waals surface area contributed by atoms with Crippen LogP contribution in [0.5, 0.6) is 17.2 Å². The summed E-state index contributed by atoms with van der Waals surface area (Å²) in [4.78, 5) is 42.8. The number of aryl methyl sites for hydroxylation is 1. The highest BCUT2D eigenvalue weighted by atomic mass is 35.5. The van der Waals surface area contributed by atoms with E-state index in [1.807, 2.05) is 0 Å². The van der Waals surface area contributed by atoms with Crippen LogP contribution < -0.4 is 24.2 Å². The number of sulfonamides is 1. The van der Waals surface area contributed by atoms with Gasteiger partial charge in [0.05, 0.1) is 32.1 Å². The summed E-state index contributed by atoms with van der Waals surface area (Å²) in [5, 5.41) is 0.0681. The number of ether oxygens (including phenoxy) is 4. The Labute approximate surface area is 296 Å². The number of rotatable bonds is 11. The predicted octanol–water partition coefficient (Wildman–Crippen LogP) is 3.58. The molecule has 3 amide bonds. The van der Waals surface area contributed by atoms with Crippen molar-refractivity contribution in [1.82, 2.24) is 9.80 Å². The standard InChI is InChI=1S/C33H34ClF3N4O9S/c1-18-6-10-26(48-5)23(12-18)32(40-16-21(49-17-29(38)42)14-25(40)30(43)39(2)3)22-13-19(34)7-9-24(22)41(31(32)44)51(45,46)28-11-8-20(47-4)15-27(28)50-33(35,36)37/h6-13,15,21,25H,14,16-17H2,1-5H3,(H2,38,42)/t21-,25+,32?/m1/s1. The number of carbonyl (C=O) groups excluding carboxylic acids is 3. The Morgan fingerprint density at radius 3 is 2.33 bits per heavy atom. The zero-order chi connectivity index (χ0) is 37.6. The number of alkyl halides is 3. The monoisotopic (exact) mass is 754 g/mol. The number of nitrogens with two attached hydrogens (primary N) is 1. The van der Waals surface area contributed by atoms with Crippen LogP contribution in [0.2, 0.25) is 5.02 Å². The van der Waals surface area contributed by atoms with Crippen LogP contribution in [0.3, 0.4) is 0 Å². The van der Waals surface area contributed by atoms with Crippen molar-refractivity contribution in [2.24, 2.45) is 5.73 Å². The summed E-state index contributed by atoms with van der Waals surface area (Å²) < 4.78 is 91.3. The second-order valence-electron chi connectivity index (χ2n) is 12.0. The molecule has 13 nitrogen and oxygen atoms in total. The van der Waals surface area contributed by atoms with Crippen LogP contribution in [0.15, 0.2) is 59.5 Å². The first-order chi connectivity index (χ1) is 23.9. The molecule has 2 heterocycles. The second-order valence-corrected chi connectivity index (χ2v) is 14.2. The molecule has 1 saturated heterocycles. The number of methoxy groups -OCH3 is 2. The Morgan fingerprint density at radius 1 is 1.02 bits per heavy atom. The lowest BCUT2D eigenvalue weighted by molar-refractivity contribution is -0.275. The van der Waals surface area contributed by atoms with Crippen LogP contribution in [0.25, 0.3) is 0 Å². The highest BCUT2D eigenvalue weighted by molar-refractivity contribution is 7.93. The molecular formula is C33H34ClF3N4O9S. The zero-order valence-electron chi connectivity index (χ0n) is 28.0. The van der Waals surface area contributed by atoms with Gasteiger partial charge in [0, 0.05) is 42.9 Å². The van der Waals surface area contributed by atoms with E-state index in [2.05, 4.69) is 4.74 Å². The molecule has 0 radical (unpaired) electrons. The number of hydrogen-bond donors (Lipinski definition) is 1. The van der Waals surface area contributed by atoms with E-state index in [1.165, 1.54) is 49.2 Å². The first-order valence-electron chi connectivity index (χ1n) is 15.2. The molecule has 2 N–H and O–H groups in total. The highest BCUT2D eigenvalue weighted by Crippen LogP contribution is 2.55. The van der Waals surface area contributed by atoms with Gasteiger partial charge >= 0.3 is 6.36 Å². The molecule has 0 aromatic heterocycles. The molecular weight excluding hydrogens is 721 g/mol. The number of anilines is 1. The largest absolute Gasteiger partial charge is 0.573 e. The Morgan fingerprint density at radius 2 is 1.73 bits per heavy atom. The molecule has 2 aliphatic rings. The van der Waals surface area contributed by atoms with E-state index in [1.54, 1.807) is 25.1 Å². The van der Waals surface area contributed by atoms with Gasteiger partial charge in [0.1, 0.15) is 23.0 Å². The smallest absolute Gasteiger partial charge is 0.497 e. The van der Waals surface area contributed by atoms with E-state index in [9.17, 15) is 31.2 Å². The minimum atomic E-state index is -5.33. The van der Waals surface area contributed by atoms with Gasteiger partial charge in [-0.3, -0.25) is 19.3 Å². The van der Waals surface area contributed by atoms with Gasteiger partial charge in [-0.2, -0.15) is 0 Å². The molecule has 3 aromatic rings. The molecule has 1 unspecified atom stereocenters. The molecule has 0 bridgehead atoms. The number of fused-ring (bicyclic) bond motifs is 1. The van der Waals surface area contributed by atoms with Gasteiger partial charge in [-0.05, 0) is 55.8 Å². The van der Waals surface area contributed by atoms with Crippen molar-refractivity contribution in [3.8, 4) is 17.2 Å². The average Bonchev–Trinajstić information content (AvgIpc) is 3.59. The van der Waals surface area contributed by atoms with Gasteiger partial charge in [-0.25, -0.2) is 12.7 Å². The highest BCUT2D eigenvalue weighted by Gasteiger charge is 2.64. The number of halogens is 4. The van der Waals surface area contributed by atoms with Crippen LogP contribution in [0, 0.1) is 6.92 Å².